The zero-order valence-electron chi connectivity index (χ0n) is 10.1. The van der Waals surface area contributed by atoms with Crippen LogP contribution in [0.1, 0.15) is 17.3 Å². The van der Waals surface area contributed by atoms with Crippen molar-refractivity contribution in [3.63, 3.8) is 0 Å². The Kier molecular flexibility index (Phi) is 3.52. The van der Waals surface area contributed by atoms with Crippen molar-refractivity contribution in [3.8, 4) is 0 Å². The summed E-state index contributed by atoms with van der Waals surface area (Å²) in [5, 5.41) is 7.37. The van der Waals surface area contributed by atoms with Crippen molar-refractivity contribution in [1.82, 2.24) is 10.2 Å². The summed E-state index contributed by atoms with van der Waals surface area (Å²) in [6.45, 7) is 2.47. The number of anilines is 2. The first-order valence-corrected chi connectivity index (χ1v) is 5.66. The van der Waals surface area contributed by atoms with E-state index in [1.54, 1.807) is 23.1 Å². The second kappa shape index (κ2) is 5.27. The molecule has 2 aromatic rings. The van der Waals surface area contributed by atoms with Crippen LogP contribution in [0.5, 0.6) is 0 Å². The minimum atomic E-state index is -0.113. The molecule has 1 amide bonds. The van der Waals surface area contributed by atoms with Crippen LogP contribution in [0.25, 0.3) is 0 Å². The number of hydrogen-bond acceptors (Lipinski definition) is 4. The number of hydrogen-bond donors (Lipinski definition) is 1. The van der Waals surface area contributed by atoms with Gasteiger partial charge in [0.05, 0.1) is 18.0 Å². The highest BCUT2D eigenvalue weighted by molar-refractivity contribution is 6.05. The van der Waals surface area contributed by atoms with Gasteiger partial charge in [-0.25, -0.2) is 0 Å². The first kappa shape index (κ1) is 12.0. The van der Waals surface area contributed by atoms with Gasteiger partial charge in [-0.15, -0.1) is 0 Å². The number of nitrogens with zero attached hydrogens (tertiary/aromatic N) is 3. The summed E-state index contributed by atoms with van der Waals surface area (Å²) in [4.78, 5) is 14.0. The van der Waals surface area contributed by atoms with Crippen LogP contribution >= 0.6 is 0 Å². The molecule has 0 radical (unpaired) electrons. The molecule has 0 fully saturated rings. The van der Waals surface area contributed by atoms with Gasteiger partial charge in [0, 0.05) is 17.9 Å². The first-order valence-electron chi connectivity index (χ1n) is 5.66. The third kappa shape index (κ3) is 2.45. The van der Waals surface area contributed by atoms with Crippen molar-refractivity contribution in [2.24, 2.45) is 0 Å². The van der Waals surface area contributed by atoms with E-state index in [2.05, 4.69) is 10.2 Å². The Hall–Kier alpha value is -2.43. The van der Waals surface area contributed by atoms with E-state index in [1.807, 2.05) is 19.1 Å². The molecular weight excluding hydrogens is 228 g/mol. The quantitative estimate of drug-likeness (QED) is 0.832. The Bertz CT molecular complexity index is 542. The van der Waals surface area contributed by atoms with Crippen LogP contribution in [0.2, 0.25) is 0 Å². The highest BCUT2D eigenvalue weighted by Gasteiger charge is 2.16. The third-order valence-electron chi connectivity index (χ3n) is 2.57. The van der Waals surface area contributed by atoms with Crippen LogP contribution in [0.3, 0.4) is 0 Å². The van der Waals surface area contributed by atoms with Crippen molar-refractivity contribution in [3.05, 3.63) is 48.3 Å². The molecule has 5 heteroatoms. The number of rotatable bonds is 3. The van der Waals surface area contributed by atoms with Crippen molar-refractivity contribution in [1.29, 1.82) is 0 Å². The number of carbonyl (C=O) groups excluding carboxylic acids is 1. The normalized spacial score (nSPS) is 10.1. The van der Waals surface area contributed by atoms with Gasteiger partial charge in [-0.3, -0.25) is 4.79 Å². The van der Waals surface area contributed by atoms with Gasteiger partial charge in [0.25, 0.3) is 5.91 Å². The molecule has 2 N–H and O–H groups in total. The maximum Gasteiger partial charge on any atom is 0.259 e. The molecule has 0 bridgehead atoms. The van der Waals surface area contributed by atoms with Crippen molar-refractivity contribution in [2.45, 2.75) is 6.92 Å². The molecule has 1 aromatic heterocycles. The Balaban J connectivity index is 2.32. The van der Waals surface area contributed by atoms with Gasteiger partial charge in [0.2, 0.25) is 0 Å². The Labute approximate surface area is 105 Å². The summed E-state index contributed by atoms with van der Waals surface area (Å²) in [6.07, 6.45) is 2.96. The van der Waals surface area contributed by atoms with Gasteiger partial charge in [-0.05, 0) is 31.2 Å². The molecule has 0 aliphatic rings. The predicted octanol–water partition coefficient (Wildman–Crippen LogP) is 1.73. The molecule has 1 heterocycles. The third-order valence-corrected chi connectivity index (χ3v) is 2.57. The lowest BCUT2D eigenvalue weighted by Crippen LogP contribution is -2.30. The Morgan fingerprint density at radius 2 is 2.17 bits per heavy atom. The first-order chi connectivity index (χ1) is 8.72. The molecule has 0 saturated carbocycles. The van der Waals surface area contributed by atoms with Crippen LogP contribution in [0.15, 0.2) is 42.7 Å². The number of benzene rings is 1. The Morgan fingerprint density at radius 1 is 1.33 bits per heavy atom. The zero-order chi connectivity index (χ0) is 13.0. The molecule has 92 valence electrons. The van der Waals surface area contributed by atoms with Gasteiger partial charge in [0.15, 0.2) is 0 Å². The number of nitrogens with two attached hydrogens (primary N) is 1. The summed E-state index contributed by atoms with van der Waals surface area (Å²) < 4.78 is 0. The second-order valence-corrected chi connectivity index (χ2v) is 3.78. The summed E-state index contributed by atoms with van der Waals surface area (Å²) in [6, 6.07) is 8.88. The maximum absolute atomic E-state index is 12.3. The van der Waals surface area contributed by atoms with Gasteiger partial charge in [-0.2, -0.15) is 10.2 Å². The van der Waals surface area contributed by atoms with E-state index in [9.17, 15) is 4.79 Å². The number of aromatic nitrogens is 2. The fourth-order valence-electron chi connectivity index (χ4n) is 1.71. The molecule has 0 saturated heterocycles. The minimum absolute atomic E-state index is 0.113. The monoisotopic (exact) mass is 242 g/mol. The summed E-state index contributed by atoms with van der Waals surface area (Å²) >= 11 is 0. The topological polar surface area (TPSA) is 72.1 Å². The lowest BCUT2D eigenvalue weighted by molar-refractivity contribution is 0.0988. The van der Waals surface area contributed by atoms with Crippen LogP contribution in [0.4, 0.5) is 11.4 Å². The molecule has 2 rings (SSSR count). The number of amides is 1. The van der Waals surface area contributed by atoms with Crippen LogP contribution in [0, 0.1) is 0 Å². The molecule has 18 heavy (non-hydrogen) atoms. The average Bonchev–Trinajstić information content (AvgIpc) is 2.40. The smallest absolute Gasteiger partial charge is 0.259 e. The van der Waals surface area contributed by atoms with E-state index in [0.717, 1.165) is 5.69 Å². The van der Waals surface area contributed by atoms with E-state index in [4.69, 9.17) is 5.73 Å². The molecular formula is C13H14N4O. The lowest BCUT2D eigenvalue weighted by atomic mass is 10.2. The van der Waals surface area contributed by atoms with Gasteiger partial charge in [-0.1, -0.05) is 6.07 Å². The molecule has 0 aliphatic carbocycles. The van der Waals surface area contributed by atoms with E-state index >= 15 is 0 Å². The van der Waals surface area contributed by atoms with Gasteiger partial charge < -0.3 is 10.6 Å². The molecule has 0 unspecified atom stereocenters. The fraction of sp³-hybridized carbons (Fsp3) is 0.154. The average molecular weight is 242 g/mol. The second-order valence-electron chi connectivity index (χ2n) is 3.78. The molecule has 0 spiro atoms. The fourth-order valence-corrected chi connectivity index (χ4v) is 1.71. The van der Waals surface area contributed by atoms with Crippen LogP contribution in [-0.4, -0.2) is 22.6 Å². The van der Waals surface area contributed by atoms with E-state index < -0.39 is 0 Å². The van der Waals surface area contributed by atoms with Crippen molar-refractivity contribution < 1.29 is 4.79 Å². The summed E-state index contributed by atoms with van der Waals surface area (Å²) in [5.41, 5.74) is 7.65. The summed E-state index contributed by atoms with van der Waals surface area (Å²) in [5.74, 6) is -0.113. The van der Waals surface area contributed by atoms with E-state index in [1.165, 1.54) is 12.4 Å². The minimum Gasteiger partial charge on any atom is -0.399 e. The van der Waals surface area contributed by atoms with Crippen LogP contribution in [-0.2, 0) is 0 Å². The zero-order valence-corrected chi connectivity index (χ0v) is 10.1. The highest BCUT2D eigenvalue weighted by atomic mass is 16.2. The van der Waals surface area contributed by atoms with Crippen molar-refractivity contribution in [2.75, 3.05) is 17.2 Å². The van der Waals surface area contributed by atoms with Crippen molar-refractivity contribution >= 4 is 17.3 Å². The molecule has 0 aliphatic heterocycles. The largest absolute Gasteiger partial charge is 0.399 e. The highest BCUT2D eigenvalue weighted by Crippen LogP contribution is 2.19. The van der Waals surface area contributed by atoms with Gasteiger partial charge in [0.1, 0.15) is 0 Å². The molecule has 1 aromatic carbocycles. The molecule has 0 atom stereocenters. The Morgan fingerprint density at radius 3 is 2.78 bits per heavy atom. The predicted molar refractivity (Wildman–Crippen MR) is 70.2 cm³/mol. The molecule has 5 nitrogen and oxygen atoms in total. The summed E-state index contributed by atoms with van der Waals surface area (Å²) in [7, 11) is 0. The number of nitrogen functional groups attached to an aromatic ring is 1. The van der Waals surface area contributed by atoms with Gasteiger partial charge >= 0.3 is 0 Å². The SMILES string of the molecule is CCN(C(=O)c1ccnnc1)c1cccc(N)c1. The maximum atomic E-state index is 12.3. The van der Waals surface area contributed by atoms with E-state index in [-0.39, 0.29) is 5.91 Å². The standard InChI is InChI=1S/C13H14N4O/c1-2-17(12-5-3-4-11(14)8-12)13(18)10-6-7-15-16-9-10/h3-9H,2,14H2,1H3. The lowest BCUT2D eigenvalue weighted by Gasteiger charge is -2.21. The van der Waals surface area contributed by atoms with E-state index in [0.29, 0.717) is 17.8 Å². The van der Waals surface area contributed by atoms with Crippen LogP contribution < -0.4 is 10.6 Å². The number of carbonyl (C=O) groups is 1.